The van der Waals surface area contributed by atoms with Gasteiger partial charge in [0.1, 0.15) is 5.75 Å². The molecular formula is C24H23N7O. The zero-order valence-corrected chi connectivity index (χ0v) is 17.7. The number of hydrogen-bond acceptors (Lipinski definition) is 6. The van der Waals surface area contributed by atoms with Gasteiger partial charge >= 0.3 is 0 Å². The van der Waals surface area contributed by atoms with Gasteiger partial charge in [0.15, 0.2) is 0 Å². The first-order valence-corrected chi connectivity index (χ1v) is 10.5. The van der Waals surface area contributed by atoms with Crippen molar-refractivity contribution in [2.75, 3.05) is 13.2 Å². The van der Waals surface area contributed by atoms with Gasteiger partial charge in [-0.2, -0.15) is 5.10 Å². The molecule has 5 aromatic rings. The standard InChI is InChI=1S/C24H23N7O/c1-2-32-19-5-3-4-16(10-19)23-24(28-15-27-23)21-7-6-20-22(30-21)11-17(12-26-20)18-13-29-31(14-18)9-8-25/h3-7,10-15H,2,8-9,25H2,1H3,(H,27,28). The summed E-state index contributed by atoms with van der Waals surface area (Å²) in [6.07, 6.45) is 7.32. The predicted octanol–water partition coefficient (Wildman–Crippen LogP) is 3.91. The van der Waals surface area contributed by atoms with Crippen molar-refractivity contribution in [1.82, 2.24) is 29.7 Å². The van der Waals surface area contributed by atoms with E-state index >= 15 is 0 Å². The van der Waals surface area contributed by atoms with Gasteiger partial charge in [-0.15, -0.1) is 0 Å². The molecular weight excluding hydrogens is 402 g/mol. The minimum atomic E-state index is 0.544. The van der Waals surface area contributed by atoms with Crippen LogP contribution in [0, 0.1) is 0 Å². The Bertz CT molecular complexity index is 1370. The maximum absolute atomic E-state index is 5.64. The first-order chi connectivity index (χ1) is 15.7. The van der Waals surface area contributed by atoms with Crippen LogP contribution in [0.2, 0.25) is 0 Å². The minimum absolute atomic E-state index is 0.544. The Morgan fingerprint density at radius 2 is 1.94 bits per heavy atom. The smallest absolute Gasteiger partial charge is 0.119 e. The first-order valence-electron chi connectivity index (χ1n) is 10.5. The third kappa shape index (κ3) is 3.83. The fraction of sp³-hybridized carbons (Fsp3) is 0.167. The number of pyridine rings is 2. The van der Waals surface area contributed by atoms with Gasteiger partial charge in [0.25, 0.3) is 0 Å². The van der Waals surface area contributed by atoms with Crippen LogP contribution in [0.5, 0.6) is 5.75 Å². The van der Waals surface area contributed by atoms with Crippen LogP contribution in [0.3, 0.4) is 0 Å². The lowest BCUT2D eigenvalue weighted by Gasteiger charge is -2.07. The van der Waals surface area contributed by atoms with E-state index in [2.05, 4.69) is 20.1 Å². The number of ether oxygens (including phenoxy) is 1. The molecule has 0 spiro atoms. The van der Waals surface area contributed by atoms with Crippen LogP contribution in [0.15, 0.2) is 67.4 Å². The number of fused-ring (bicyclic) bond motifs is 1. The molecule has 32 heavy (non-hydrogen) atoms. The lowest BCUT2D eigenvalue weighted by Crippen LogP contribution is -2.09. The van der Waals surface area contributed by atoms with Crippen molar-refractivity contribution in [3.05, 3.63) is 67.4 Å². The number of nitrogens with zero attached hydrogens (tertiary/aromatic N) is 5. The second kappa shape index (κ2) is 8.60. The number of rotatable bonds is 7. The molecule has 4 heterocycles. The predicted molar refractivity (Wildman–Crippen MR) is 124 cm³/mol. The third-order valence-corrected chi connectivity index (χ3v) is 5.18. The van der Waals surface area contributed by atoms with Crippen LogP contribution in [-0.2, 0) is 6.54 Å². The Kier molecular flexibility index (Phi) is 5.35. The van der Waals surface area contributed by atoms with Gasteiger partial charge in [-0.05, 0) is 37.3 Å². The van der Waals surface area contributed by atoms with Crippen LogP contribution < -0.4 is 10.5 Å². The normalized spacial score (nSPS) is 11.2. The summed E-state index contributed by atoms with van der Waals surface area (Å²) >= 11 is 0. The molecule has 4 aromatic heterocycles. The number of imidazole rings is 1. The monoisotopic (exact) mass is 425 g/mol. The summed E-state index contributed by atoms with van der Waals surface area (Å²) in [5.74, 6) is 0.814. The molecule has 0 atom stereocenters. The molecule has 0 radical (unpaired) electrons. The zero-order valence-electron chi connectivity index (χ0n) is 17.7. The van der Waals surface area contributed by atoms with Gasteiger partial charge in [0, 0.05) is 35.6 Å². The van der Waals surface area contributed by atoms with Crippen molar-refractivity contribution in [3.8, 4) is 39.5 Å². The Balaban J connectivity index is 1.53. The lowest BCUT2D eigenvalue weighted by molar-refractivity contribution is 0.340. The van der Waals surface area contributed by atoms with Crippen LogP contribution in [0.25, 0.3) is 44.8 Å². The molecule has 0 aliphatic rings. The molecule has 0 bridgehead atoms. The van der Waals surface area contributed by atoms with Gasteiger partial charge in [-0.3, -0.25) is 9.67 Å². The van der Waals surface area contributed by atoms with E-state index in [0.717, 1.165) is 50.6 Å². The molecule has 5 rings (SSSR count). The van der Waals surface area contributed by atoms with Crippen molar-refractivity contribution in [3.63, 3.8) is 0 Å². The highest BCUT2D eigenvalue weighted by Gasteiger charge is 2.14. The molecule has 3 N–H and O–H groups in total. The van der Waals surface area contributed by atoms with Gasteiger partial charge in [-0.25, -0.2) is 9.97 Å². The van der Waals surface area contributed by atoms with E-state index in [9.17, 15) is 0 Å². The summed E-state index contributed by atoms with van der Waals surface area (Å²) in [4.78, 5) is 17.2. The summed E-state index contributed by atoms with van der Waals surface area (Å²) in [6, 6.07) is 13.9. The molecule has 8 nitrogen and oxygen atoms in total. The number of aromatic amines is 1. The molecule has 0 amide bonds. The van der Waals surface area contributed by atoms with Crippen LogP contribution >= 0.6 is 0 Å². The highest BCUT2D eigenvalue weighted by molar-refractivity contribution is 5.84. The number of aromatic nitrogens is 6. The van der Waals surface area contributed by atoms with Crippen LogP contribution in [-0.4, -0.2) is 42.9 Å². The molecule has 0 fully saturated rings. The van der Waals surface area contributed by atoms with E-state index in [0.29, 0.717) is 19.7 Å². The topological polar surface area (TPSA) is 108 Å². The average Bonchev–Trinajstić information content (AvgIpc) is 3.49. The van der Waals surface area contributed by atoms with Crippen molar-refractivity contribution >= 4 is 11.0 Å². The number of H-pyrrole nitrogens is 1. The fourth-order valence-electron chi connectivity index (χ4n) is 3.68. The Labute approximate surface area is 185 Å². The maximum Gasteiger partial charge on any atom is 0.119 e. The van der Waals surface area contributed by atoms with E-state index in [4.69, 9.17) is 15.5 Å². The average molecular weight is 425 g/mol. The number of benzene rings is 1. The van der Waals surface area contributed by atoms with Crippen molar-refractivity contribution in [2.24, 2.45) is 5.73 Å². The number of nitrogens with two attached hydrogens (primary N) is 1. The SMILES string of the molecule is CCOc1cccc(-c2nc[nH]c2-c2ccc3ncc(-c4cnn(CCN)c4)cc3n2)c1. The van der Waals surface area contributed by atoms with Crippen molar-refractivity contribution in [1.29, 1.82) is 0 Å². The van der Waals surface area contributed by atoms with E-state index in [1.807, 2.05) is 72.7 Å². The molecule has 0 saturated carbocycles. The lowest BCUT2D eigenvalue weighted by atomic mass is 10.1. The van der Waals surface area contributed by atoms with Crippen molar-refractivity contribution in [2.45, 2.75) is 13.5 Å². The maximum atomic E-state index is 5.64. The highest BCUT2D eigenvalue weighted by Crippen LogP contribution is 2.31. The molecule has 1 aromatic carbocycles. The van der Waals surface area contributed by atoms with E-state index < -0.39 is 0 Å². The second-order valence-electron chi connectivity index (χ2n) is 7.33. The molecule has 0 unspecified atom stereocenters. The second-order valence-corrected chi connectivity index (χ2v) is 7.33. The summed E-state index contributed by atoms with van der Waals surface area (Å²) in [5.41, 5.74) is 12.6. The summed E-state index contributed by atoms with van der Waals surface area (Å²) in [7, 11) is 0. The summed E-state index contributed by atoms with van der Waals surface area (Å²) < 4.78 is 7.47. The van der Waals surface area contributed by atoms with E-state index in [-0.39, 0.29) is 0 Å². The zero-order chi connectivity index (χ0) is 21.9. The molecule has 8 heteroatoms. The van der Waals surface area contributed by atoms with Gasteiger partial charge in [0.05, 0.1) is 53.8 Å². The summed E-state index contributed by atoms with van der Waals surface area (Å²) in [6.45, 7) is 3.80. The van der Waals surface area contributed by atoms with E-state index in [1.54, 1.807) is 6.33 Å². The minimum Gasteiger partial charge on any atom is -0.494 e. The van der Waals surface area contributed by atoms with E-state index in [1.165, 1.54) is 0 Å². The fourth-order valence-corrected chi connectivity index (χ4v) is 3.68. The first kappa shape index (κ1) is 19.9. The molecule has 0 saturated heterocycles. The van der Waals surface area contributed by atoms with Crippen LogP contribution in [0.1, 0.15) is 6.92 Å². The third-order valence-electron chi connectivity index (χ3n) is 5.18. The Morgan fingerprint density at radius 1 is 1.00 bits per heavy atom. The highest BCUT2D eigenvalue weighted by atomic mass is 16.5. The molecule has 0 aliphatic carbocycles. The quantitative estimate of drug-likeness (QED) is 0.409. The summed E-state index contributed by atoms with van der Waals surface area (Å²) in [5, 5.41) is 4.35. The molecule has 160 valence electrons. The van der Waals surface area contributed by atoms with Gasteiger partial charge in [0.2, 0.25) is 0 Å². The number of nitrogens with one attached hydrogen (secondary N) is 1. The van der Waals surface area contributed by atoms with Gasteiger partial charge < -0.3 is 15.5 Å². The van der Waals surface area contributed by atoms with Crippen LogP contribution in [0.4, 0.5) is 0 Å². The Hall–Kier alpha value is -4.04. The molecule has 0 aliphatic heterocycles. The van der Waals surface area contributed by atoms with Gasteiger partial charge in [-0.1, -0.05) is 12.1 Å². The number of hydrogen-bond donors (Lipinski definition) is 2. The Morgan fingerprint density at radius 3 is 2.81 bits per heavy atom. The van der Waals surface area contributed by atoms with Crippen molar-refractivity contribution < 1.29 is 4.74 Å². The largest absolute Gasteiger partial charge is 0.494 e.